The average Bonchev–Trinajstić information content (AvgIpc) is 3.39. The van der Waals surface area contributed by atoms with Gasteiger partial charge in [-0.1, -0.05) is 11.6 Å². The molecule has 2 aliphatic rings. The lowest BCUT2D eigenvalue weighted by molar-refractivity contribution is 0.172. The maximum Gasteiger partial charge on any atom is 0.241 e. The molecule has 0 spiro atoms. The maximum atomic E-state index is 5.58. The molecule has 1 aromatic carbocycles. The third-order valence-corrected chi connectivity index (χ3v) is 6.48. The molecule has 4 heterocycles. The number of piperidine rings is 1. The molecule has 9 nitrogen and oxygen atoms in total. The van der Waals surface area contributed by atoms with Crippen LogP contribution < -0.4 is 9.47 Å². The van der Waals surface area contributed by atoms with Crippen LogP contribution in [-0.4, -0.2) is 57.1 Å². The second kappa shape index (κ2) is 9.28. The fourth-order valence-corrected chi connectivity index (χ4v) is 4.82. The van der Waals surface area contributed by atoms with E-state index in [1.807, 2.05) is 18.2 Å². The van der Waals surface area contributed by atoms with Gasteiger partial charge in [-0.2, -0.15) is 4.98 Å². The van der Waals surface area contributed by atoms with Gasteiger partial charge in [-0.05, 0) is 50.4 Å². The Hall–Kier alpha value is -2.94. The molecule has 1 fully saturated rings. The van der Waals surface area contributed by atoms with E-state index in [0.29, 0.717) is 35.7 Å². The molecule has 1 atom stereocenters. The van der Waals surface area contributed by atoms with Crippen molar-refractivity contribution in [1.82, 2.24) is 29.8 Å². The van der Waals surface area contributed by atoms with Gasteiger partial charge in [-0.3, -0.25) is 4.90 Å². The highest BCUT2D eigenvalue weighted by atomic mass is 16.5. The van der Waals surface area contributed by atoms with E-state index >= 15 is 0 Å². The van der Waals surface area contributed by atoms with E-state index in [0.717, 1.165) is 56.1 Å². The van der Waals surface area contributed by atoms with Crippen LogP contribution in [-0.2, 0) is 19.5 Å². The minimum absolute atomic E-state index is 0.399. The standard InChI is InChI=1S/C23H30N6O3/c1-30-18-10-9-16(13-19(18)31-2)22-24-21(32-27-22)15-28-11-6-7-17(14-28)23-26-25-20-8-4-3-5-12-29(20)23/h9-10,13,17H,3-8,11-12,14-15H2,1-2H3/t17-/m1/s1. The molecular formula is C23H30N6O3. The van der Waals surface area contributed by atoms with Crippen LogP contribution in [0.5, 0.6) is 11.5 Å². The van der Waals surface area contributed by atoms with E-state index in [1.54, 1.807) is 14.2 Å². The van der Waals surface area contributed by atoms with Gasteiger partial charge >= 0.3 is 0 Å². The lowest BCUT2D eigenvalue weighted by Gasteiger charge is -2.31. The Morgan fingerprint density at radius 2 is 1.94 bits per heavy atom. The van der Waals surface area contributed by atoms with Gasteiger partial charge in [0.15, 0.2) is 11.5 Å². The number of aromatic nitrogens is 5. The van der Waals surface area contributed by atoms with Crippen molar-refractivity contribution < 1.29 is 14.0 Å². The predicted molar refractivity (Wildman–Crippen MR) is 118 cm³/mol. The summed E-state index contributed by atoms with van der Waals surface area (Å²) >= 11 is 0. The highest BCUT2D eigenvalue weighted by molar-refractivity contribution is 5.60. The highest BCUT2D eigenvalue weighted by Crippen LogP contribution is 2.32. The van der Waals surface area contributed by atoms with Gasteiger partial charge in [0.2, 0.25) is 11.7 Å². The normalized spacial score (nSPS) is 19.4. The van der Waals surface area contributed by atoms with Crippen LogP contribution in [0.3, 0.4) is 0 Å². The lowest BCUT2D eigenvalue weighted by Crippen LogP contribution is -2.35. The molecule has 0 bridgehead atoms. The number of fused-ring (bicyclic) bond motifs is 1. The maximum absolute atomic E-state index is 5.58. The molecule has 0 unspecified atom stereocenters. The molecule has 2 aliphatic heterocycles. The summed E-state index contributed by atoms with van der Waals surface area (Å²) in [5, 5.41) is 13.3. The van der Waals surface area contributed by atoms with Gasteiger partial charge in [0.1, 0.15) is 11.6 Å². The van der Waals surface area contributed by atoms with Crippen molar-refractivity contribution in [3.8, 4) is 22.9 Å². The monoisotopic (exact) mass is 438 g/mol. The molecule has 9 heteroatoms. The zero-order valence-corrected chi connectivity index (χ0v) is 18.8. The predicted octanol–water partition coefficient (Wildman–Crippen LogP) is 3.45. The number of nitrogens with zero attached hydrogens (tertiary/aromatic N) is 6. The Balaban J connectivity index is 1.27. The topological polar surface area (TPSA) is 91.3 Å². The average molecular weight is 439 g/mol. The van der Waals surface area contributed by atoms with Crippen molar-refractivity contribution in [3.05, 3.63) is 35.7 Å². The first kappa shape index (κ1) is 20.9. The molecule has 0 saturated carbocycles. The second-order valence-electron chi connectivity index (χ2n) is 8.59. The van der Waals surface area contributed by atoms with Crippen molar-refractivity contribution in [3.63, 3.8) is 0 Å². The summed E-state index contributed by atoms with van der Waals surface area (Å²) in [4.78, 5) is 7.01. The van der Waals surface area contributed by atoms with Crippen molar-refractivity contribution in [1.29, 1.82) is 0 Å². The molecule has 170 valence electrons. The molecule has 2 aromatic heterocycles. The van der Waals surface area contributed by atoms with Crippen molar-refractivity contribution in [2.24, 2.45) is 0 Å². The first-order chi connectivity index (χ1) is 15.7. The van der Waals surface area contributed by atoms with Gasteiger partial charge in [-0.15, -0.1) is 10.2 Å². The number of benzene rings is 1. The molecule has 0 radical (unpaired) electrons. The molecule has 32 heavy (non-hydrogen) atoms. The number of hydrogen-bond donors (Lipinski definition) is 0. The van der Waals surface area contributed by atoms with Gasteiger partial charge in [0.05, 0.1) is 20.8 Å². The molecule has 0 aliphatic carbocycles. The SMILES string of the molecule is COc1ccc(-c2noc(CN3CCC[C@@H](c4nnc5n4CCCCC5)C3)n2)cc1OC. The van der Waals surface area contributed by atoms with Crippen LogP contribution in [0, 0.1) is 0 Å². The number of ether oxygens (including phenoxy) is 2. The largest absolute Gasteiger partial charge is 0.493 e. The van der Waals surface area contributed by atoms with Crippen LogP contribution in [0.25, 0.3) is 11.4 Å². The van der Waals surface area contributed by atoms with E-state index in [9.17, 15) is 0 Å². The second-order valence-corrected chi connectivity index (χ2v) is 8.59. The first-order valence-corrected chi connectivity index (χ1v) is 11.4. The summed E-state index contributed by atoms with van der Waals surface area (Å²) < 4.78 is 18.7. The molecule has 3 aromatic rings. The van der Waals surface area contributed by atoms with Crippen LogP contribution >= 0.6 is 0 Å². The Kier molecular flexibility index (Phi) is 6.07. The van der Waals surface area contributed by atoms with E-state index < -0.39 is 0 Å². The van der Waals surface area contributed by atoms with Gasteiger partial charge in [0.25, 0.3) is 0 Å². The van der Waals surface area contributed by atoms with E-state index in [1.165, 1.54) is 19.3 Å². The minimum Gasteiger partial charge on any atom is -0.493 e. The summed E-state index contributed by atoms with van der Waals surface area (Å²) in [6.07, 6.45) is 7.03. The van der Waals surface area contributed by atoms with Gasteiger partial charge in [0, 0.05) is 31.0 Å². The van der Waals surface area contributed by atoms with Crippen LogP contribution in [0.2, 0.25) is 0 Å². The van der Waals surface area contributed by atoms with Crippen LogP contribution in [0.4, 0.5) is 0 Å². The minimum atomic E-state index is 0.399. The van der Waals surface area contributed by atoms with E-state index in [-0.39, 0.29) is 0 Å². The van der Waals surface area contributed by atoms with E-state index in [2.05, 4.69) is 29.8 Å². The summed E-state index contributed by atoms with van der Waals surface area (Å²) in [6, 6.07) is 5.62. The van der Waals surface area contributed by atoms with Gasteiger partial charge in [-0.25, -0.2) is 0 Å². The highest BCUT2D eigenvalue weighted by Gasteiger charge is 2.28. The first-order valence-electron chi connectivity index (χ1n) is 11.4. The summed E-state index contributed by atoms with van der Waals surface area (Å²) in [5.74, 6) is 5.20. The third kappa shape index (κ3) is 4.21. The fraction of sp³-hybridized carbons (Fsp3) is 0.565. The Morgan fingerprint density at radius 1 is 1.03 bits per heavy atom. The molecule has 0 N–H and O–H groups in total. The Bertz CT molecular complexity index is 1060. The van der Waals surface area contributed by atoms with Crippen LogP contribution in [0.15, 0.2) is 22.7 Å². The van der Waals surface area contributed by atoms with Crippen molar-refractivity contribution in [2.75, 3.05) is 27.3 Å². The number of methoxy groups -OCH3 is 2. The number of hydrogen-bond acceptors (Lipinski definition) is 8. The molecular weight excluding hydrogens is 408 g/mol. The Labute approximate surface area is 187 Å². The molecule has 0 amide bonds. The number of likely N-dealkylation sites (tertiary alicyclic amines) is 1. The van der Waals surface area contributed by atoms with E-state index in [4.69, 9.17) is 14.0 Å². The third-order valence-electron chi connectivity index (χ3n) is 6.48. The summed E-state index contributed by atoms with van der Waals surface area (Å²) in [5.41, 5.74) is 0.834. The summed E-state index contributed by atoms with van der Waals surface area (Å²) in [6.45, 7) is 3.64. The van der Waals surface area contributed by atoms with Crippen molar-refractivity contribution >= 4 is 0 Å². The molecule has 5 rings (SSSR count). The van der Waals surface area contributed by atoms with Crippen molar-refractivity contribution in [2.45, 2.75) is 57.5 Å². The Morgan fingerprint density at radius 3 is 2.81 bits per heavy atom. The van der Waals surface area contributed by atoms with Gasteiger partial charge < -0.3 is 18.6 Å². The smallest absolute Gasteiger partial charge is 0.241 e. The number of aryl methyl sites for hydroxylation is 1. The number of rotatable bonds is 6. The lowest BCUT2D eigenvalue weighted by atomic mass is 9.97. The van der Waals surface area contributed by atoms with Crippen LogP contribution in [0.1, 0.15) is 55.6 Å². The quantitative estimate of drug-likeness (QED) is 0.578. The fourth-order valence-electron chi connectivity index (χ4n) is 4.82. The zero-order chi connectivity index (χ0) is 21.9. The molecule has 1 saturated heterocycles. The summed E-state index contributed by atoms with van der Waals surface area (Å²) in [7, 11) is 3.23. The zero-order valence-electron chi connectivity index (χ0n) is 18.8.